The first-order valence-corrected chi connectivity index (χ1v) is 29.4. The molecular formula is C64H72N16O12. The predicted molar refractivity (Wildman–Crippen MR) is 331 cm³/mol. The maximum atomic E-state index is 14.9. The SMILES string of the molecule is Cc1c2nc(n1C)[C@H](CNC(=O)OCc1ccccc1)NC(=O)c1nc(n(C)c1C)[C@H](CNC(=O)OCc1ccccc1)NC(=O)c1nc(n(C)c1C)[C@H](CNC(=O)OCc1ccccc1)NC(=O)c1nc(n(C)c1C)[C@H](CNC(=O)OCc1ccccc1)NC2=O. The van der Waals surface area contributed by atoms with Crippen molar-refractivity contribution in [3.05, 3.63) is 212 Å². The number of benzene rings is 4. The zero-order chi connectivity index (χ0) is 65.6. The molecule has 9 rings (SSSR count). The largest absolute Gasteiger partial charge is 0.445 e. The van der Waals surface area contributed by atoms with Gasteiger partial charge in [0.2, 0.25) is 0 Å². The van der Waals surface area contributed by atoms with Gasteiger partial charge in [-0.15, -0.1) is 0 Å². The molecule has 92 heavy (non-hydrogen) atoms. The second-order valence-electron chi connectivity index (χ2n) is 21.7. The molecule has 0 radical (unpaired) electrons. The van der Waals surface area contributed by atoms with Gasteiger partial charge in [-0.25, -0.2) is 39.1 Å². The second kappa shape index (κ2) is 29.8. The first kappa shape index (κ1) is 65.1. The van der Waals surface area contributed by atoms with E-state index in [9.17, 15) is 38.4 Å². The number of amides is 8. The van der Waals surface area contributed by atoms with Crippen molar-refractivity contribution in [1.29, 1.82) is 0 Å². The summed E-state index contributed by atoms with van der Waals surface area (Å²) in [6, 6.07) is 31.2. The molecule has 0 aliphatic carbocycles. The van der Waals surface area contributed by atoms with Crippen molar-refractivity contribution in [3.8, 4) is 0 Å². The van der Waals surface area contributed by atoms with Crippen LogP contribution in [0.15, 0.2) is 121 Å². The van der Waals surface area contributed by atoms with Crippen molar-refractivity contribution in [3.63, 3.8) is 0 Å². The van der Waals surface area contributed by atoms with Crippen molar-refractivity contribution >= 4 is 48.0 Å². The molecule has 0 saturated heterocycles. The Morgan fingerprint density at radius 2 is 0.533 bits per heavy atom. The number of alkyl carbamates (subject to hydrolysis) is 4. The van der Waals surface area contributed by atoms with Gasteiger partial charge in [0.1, 0.15) is 96.7 Å². The van der Waals surface area contributed by atoms with Crippen LogP contribution in [0.5, 0.6) is 0 Å². The maximum Gasteiger partial charge on any atom is 0.407 e. The summed E-state index contributed by atoms with van der Waals surface area (Å²) < 4.78 is 28.4. The molecule has 0 unspecified atom stereocenters. The summed E-state index contributed by atoms with van der Waals surface area (Å²) in [7, 11) is 6.45. The summed E-state index contributed by atoms with van der Waals surface area (Å²) in [5.41, 5.74) is 3.58. The van der Waals surface area contributed by atoms with E-state index in [1.54, 1.807) is 171 Å². The van der Waals surface area contributed by atoms with Gasteiger partial charge in [0.25, 0.3) is 23.6 Å². The molecule has 1 aliphatic rings. The molecule has 4 aromatic heterocycles. The molecule has 0 saturated carbocycles. The van der Waals surface area contributed by atoms with Crippen LogP contribution in [0.2, 0.25) is 0 Å². The average molecular weight is 1260 g/mol. The van der Waals surface area contributed by atoms with Gasteiger partial charge in [-0.3, -0.25) is 19.2 Å². The van der Waals surface area contributed by atoms with Crippen LogP contribution < -0.4 is 42.5 Å². The van der Waals surface area contributed by atoms with Crippen molar-refractivity contribution < 1.29 is 57.3 Å². The van der Waals surface area contributed by atoms with Gasteiger partial charge in [-0.2, -0.15) is 0 Å². The highest BCUT2D eigenvalue weighted by atomic mass is 16.6. The Labute approximate surface area is 529 Å². The van der Waals surface area contributed by atoms with Gasteiger partial charge >= 0.3 is 24.4 Å². The fourth-order valence-corrected chi connectivity index (χ4v) is 10.1. The van der Waals surface area contributed by atoms with Crippen LogP contribution in [0, 0.1) is 27.7 Å². The summed E-state index contributed by atoms with van der Waals surface area (Å²) in [6.45, 7) is 4.89. The number of hydrogen-bond acceptors (Lipinski definition) is 16. The first-order valence-electron chi connectivity index (χ1n) is 29.4. The van der Waals surface area contributed by atoms with Crippen LogP contribution in [0.25, 0.3) is 0 Å². The van der Waals surface area contributed by atoms with E-state index in [-0.39, 0.29) is 98.7 Å². The lowest BCUT2D eigenvalue weighted by Gasteiger charge is -2.20. The Kier molecular flexibility index (Phi) is 21.1. The lowest BCUT2D eigenvalue weighted by molar-refractivity contribution is 0.0917. The van der Waals surface area contributed by atoms with Crippen LogP contribution in [0.1, 0.15) is 134 Å². The summed E-state index contributed by atoms with van der Waals surface area (Å²) >= 11 is 0. The number of rotatable bonds is 16. The van der Waals surface area contributed by atoms with Gasteiger partial charge in [-0.05, 0) is 49.9 Å². The third-order valence-corrected chi connectivity index (χ3v) is 15.6. The summed E-state index contributed by atoms with van der Waals surface area (Å²) in [4.78, 5) is 132. The number of fused-ring (bicyclic) bond motifs is 8. The van der Waals surface area contributed by atoms with Crippen molar-refractivity contribution in [2.45, 2.75) is 78.3 Å². The number of hydrogen-bond donors (Lipinski definition) is 8. The third-order valence-electron chi connectivity index (χ3n) is 15.6. The number of nitrogens with one attached hydrogen (secondary N) is 8. The van der Waals surface area contributed by atoms with Crippen LogP contribution in [-0.2, 0) is 73.6 Å². The van der Waals surface area contributed by atoms with Crippen LogP contribution >= 0.6 is 0 Å². The number of carbonyl (C=O) groups is 8. The molecule has 8 bridgehead atoms. The number of imidazole rings is 4. The third kappa shape index (κ3) is 15.9. The van der Waals surface area contributed by atoms with Gasteiger partial charge in [0.05, 0.1) is 0 Å². The lowest BCUT2D eigenvalue weighted by Crippen LogP contribution is -2.40. The Balaban J connectivity index is 1.11. The molecule has 4 aromatic carbocycles. The van der Waals surface area contributed by atoms with Gasteiger partial charge in [0, 0.05) is 77.1 Å². The summed E-state index contributed by atoms with van der Waals surface area (Å²) in [5.74, 6) is -2.67. The minimum absolute atomic E-state index is 0.0712. The number of ether oxygens (including phenoxy) is 4. The normalized spacial score (nSPS) is 15.9. The fourth-order valence-electron chi connectivity index (χ4n) is 10.1. The van der Waals surface area contributed by atoms with E-state index in [1.807, 2.05) is 24.3 Å². The number of carbonyl (C=O) groups excluding carboxylic acids is 8. The van der Waals surface area contributed by atoms with Crippen molar-refractivity contribution in [2.24, 2.45) is 28.2 Å². The number of nitrogens with zero attached hydrogens (tertiary/aromatic N) is 8. The molecule has 4 atom stereocenters. The molecule has 480 valence electrons. The maximum absolute atomic E-state index is 14.9. The molecule has 28 heteroatoms. The highest BCUT2D eigenvalue weighted by Crippen LogP contribution is 2.25. The highest BCUT2D eigenvalue weighted by molar-refractivity contribution is 5.96. The van der Waals surface area contributed by atoms with E-state index in [1.165, 1.54) is 0 Å². The minimum Gasteiger partial charge on any atom is -0.445 e. The zero-order valence-electron chi connectivity index (χ0n) is 52.0. The Bertz CT molecular complexity index is 3470. The van der Waals surface area contributed by atoms with E-state index in [0.717, 1.165) is 22.3 Å². The van der Waals surface area contributed by atoms with E-state index < -0.39 is 72.2 Å². The molecule has 5 heterocycles. The molecule has 8 aromatic rings. The Morgan fingerprint density at radius 1 is 0.348 bits per heavy atom. The standard InChI is InChI=1S/C64H72N16O12/c1-37-49-57(81)69-46(30-66-62(86)90-34-42-23-15-10-16-24-42)54-74-51(39(3)78(54)6)59(83)71-48(32-68-64(88)92-36-44-27-19-12-20-28-44)56-76-52(40(4)80(56)8)60(84)72-47(31-67-63(87)91-35-43-25-17-11-18-26-43)55-75-50(38(2)79(55)7)58(82)70-45(53(73-49)77(37)5)29-65-61(85)89-33-41-21-13-9-14-22-41/h9-28,45-48H,29-36H2,1-8H3,(H,65,85)(H,66,86)(H,67,87)(H,68,88)(H,69,81)(H,70,82)(H,71,83)(H,72,84)/t45-,46-,47-,48-/m0/s1. The monoisotopic (exact) mass is 1260 g/mol. The highest BCUT2D eigenvalue weighted by Gasteiger charge is 2.35. The molecule has 28 nitrogen and oxygen atoms in total. The first-order chi connectivity index (χ1) is 44.2. The van der Waals surface area contributed by atoms with E-state index in [0.29, 0.717) is 22.8 Å². The predicted octanol–water partition coefficient (Wildman–Crippen LogP) is 5.76. The Hall–Kier alpha value is -11.3. The summed E-state index contributed by atoms with van der Waals surface area (Å²) in [5, 5.41) is 22.6. The minimum atomic E-state index is -1.20. The molecule has 1 aliphatic heterocycles. The molecule has 0 spiro atoms. The average Bonchev–Trinajstić information content (AvgIpc) is 1.66. The smallest absolute Gasteiger partial charge is 0.407 e. The molecule has 0 fully saturated rings. The topological polar surface area (TPSA) is 341 Å². The Morgan fingerprint density at radius 3 is 0.717 bits per heavy atom. The van der Waals surface area contributed by atoms with Gasteiger partial charge in [0.15, 0.2) is 0 Å². The lowest BCUT2D eigenvalue weighted by atomic mass is 10.2. The molecular weight excluding hydrogens is 1180 g/mol. The molecule has 8 N–H and O–H groups in total. The van der Waals surface area contributed by atoms with Gasteiger partial charge < -0.3 is 79.8 Å². The van der Waals surface area contributed by atoms with Crippen molar-refractivity contribution in [1.82, 2.24) is 80.7 Å². The molecule has 8 amide bonds. The van der Waals surface area contributed by atoms with Gasteiger partial charge in [-0.1, -0.05) is 121 Å². The fraction of sp³-hybridized carbons (Fsp3) is 0.312. The number of aromatic nitrogens is 8. The van der Waals surface area contributed by atoms with E-state index >= 15 is 0 Å². The van der Waals surface area contributed by atoms with Crippen LogP contribution in [-0.4, -0.2) is 112 Å². The quantitative estimate of drug-likeness (QED) is 0.0533. The summed E-state index contributed by atoms with van der Waals surface area (Å²) in [6.07, 6.45) is -3.34. The zero-order valence-corrected chi connectivity index (χ0v) is 52.0. The second-order valence-corrected chi connectivity index (χ2v) is 21.7. The van der Waals surface area contributed by atoms with Crippen molar-refractivity contribution in [2.75, 3.05) is 26.2 Å². The van der Waals surface area contributed by atoms with E-state index in [4.69, 9.17) is 38.9 Å². The van der Waals surface area contributed by atoms with E-state index in [2.05, 4.69) is 42.5 Å². The van der Waals surface area contributed by atoms with Crippen LogP contribution in [0.4, 0.5) is 19.2 Å². The van der Waals surface area contributed by atoms with Crippen LogP contribution in [0.3, 0.4) is 0 Å².